The van der Waals surface area contributed by atoms with Crippen molar-refractivity contribution in [2.24, 2.45) is 5.73 Å². The summed E-state index contributed by atoms with van der Waals surface area (Å²) in [6, 6.07) is 0. The number of rotatable bonds is 8. The highest BCUT2D eigenvalue weighted by molar-refractivity contribution is 8.76. The Morgan fingerprint density at radius 3 is 1.80 bits per heavy atom. The molecule has 0 aromatic heterocycles. The molecule has 0 aromatic rings. The second-order valence-corrected chi connectivity index (χ2v) is 7.97. The predicted octanol–water partition coefficient (Wildman–Crippen LogP) is 4.36. The van der Waals surface area contributed by atoms with Crippen molar-refractivity contribution in [1.29, 1.82) is 0 Å². The maximum absolute atomic E-state index is 10.5. The molecule has 1 fully saturated rings. The Balaban J connectivity index is -0.0000000938. The lowest BCUT2D eigenvalue weighted by Gasteiger charge is -1.99. The van der Waals surface area contributed by atoms with Gasteiger partial charge in [0.15, 0.2) is 0 Å². The van der Waals surface area contributed by atoms with Crippen LogP contribution in [0.4, 0.5) is 4.79 Å². The fourth-order valence-electron chi connectivity index (χ4n) is 0.928. The first-order valence-corrected chi connectivity index (χ1v) is 15.0. The molecule has 0 amide bonds. The molecular formula is C17H39NO6S6. The molecule has 0 saturated carbocycles. The minimum atomic E-state index is -0.154. The van der Waals surface area contributed by atoms with E-state index >= 15 is 0 Å². The molecule has 7 nitrogen and oxygen atoms in total. The van der Waals surface area contributed by atoms with Crippen LogP contribution in [0.3, 0.4) is 0 Å². The molecule has 1 rings (SSSR count). The van der Waals surface area contributed by atoms with Crippen molar-refractivity contribution in [2.75, 3.05) is 62.9 Å². The number of hydrogen-bond donors (Lipinski definition) is 4. The molecule has 0 unspecified atom stereocenters. The van der Waals surface area contributed by atoms with Crippen molar-refractivity contribution in [1.82, 2.24) is 0 Å². The average Bonchev–Trinajstić information content (AvgIpc) is 3.30. The van der Waals surface area contributed by atoms with Crippen molar-refractivity contribution in [3.63, 3.8) is 0 Å². The molecule has 0 radical (unpaired) electrons. The van der Waals surface area contributed by atoms with Crippen LogP contribution in [-0.2, 0) is 23.8 Å². The van der Waals surface area contributed by atoms with Crippen molar-refractivity contribution in [3.8, 4) is 0 Å². The quantitative estimate of drug-likeness (QED) is 0.116. The maximum atomic E-state index is 10.5. The molecule has 1 heterocycles. The third-order valence-corrected chi connectivity index (χ3v) is 4.69. The molecule has 184 valence electrons. The molecule has 1 saturated heterocycles. The van der Waals surface area contributed by atoms with Crippen LogP contribution in [0.5, 0.6) is 0 Å². The third-order valence-electron chi connectivity index (χ3n) is 2.00. The molecule has 0 aromatic carbocycles. The Morgan fingerprint density at radius 1 is 1.07 bits per heavy atom. The lowest BCUT2D eigenvalue weighted by molar-refractivity contribution is -0.143. The molecular weight excluding hydrogens is 507 g/mol. The number of thioether (sulfide) groups is 1. The van der Waals surface area contributed by atoms with E-state index in [-0.39, 0.29) is 17.2 Å². The SMILES string of the molecule is CCC(=O)OCCS.CCC(=O)OCCSSC.CN.CS.CS.O=C1OCCS1. The van der Waals surface area contributed by atoms with E-state index in [0.29, 0.717) is 38.4 Å². The summed E-state index contributed by atoms with van der Waals surface area (Å²) in [5.74, 6) is 2.05. The number of thiol groups is 3. The molecule has 0 aliphatic carbocycles. The maximum Gasteiger partial charge on any atom is 0.367 e. The summed E-state index contributed by atoms with van der Waals surface area (Å²) in [4.78, 5) is 30.8. The zero-order valence-corrected chi connectivity index (χ0v) is 23.9. The Labute approximate surface area is 211 Å². The number of carbonyl (C=O) groups excluding carboxylic acids is 3. The molecule has 30 heavy (non-hydrogen) atoms. The summed E-state index contributed by atoms with van der Waals surface area (Å²) < 4.78 is 13.9. The van der Waals surface area contributed by atoms with Crippen LogP contribution in [0.1, 0.15) is 26.7 Å². The molecule has 13 heteroatoms. The van der Waals surface area contributed by atoms with E-state index < -0.39 is 0 Å². The van der Waals surface area contributed by atoms with Crippen LogP contribution in [0, 0.1) is 0 Å². The average molecular weight is 546 g/mol. The van der Waals surface area contributed by atoms with Gasteiger partial charge in [0.05, 0.1) is 0 Å². The molecule has 0 atom stereocenters. The Morgan fingerprint density at radius 2 is 1.53 bits per heavy atom. The highest BCUT2D eigenvalue weighted by Gasteiger charge is 2.09. The first-order valence-electron chi connectivity index (χ1n) is 8.86. The van der Waals surface area contributed by atoms with Gasteiger partial charge < -0.3 is 19.9 Å². The fourth-order valence-corrected chi connectivity index (χ4v) is 2.54. The zero-order valence-electron chi connectivity index (χ0n) is 18.8. The summed E-state index contributed by atoms with van der Waals surface area (Å²) in [5.41, 5.74) is 4.50. The molecule has 0 spiro atoms. The second kappa shape index (κ2) is 43.4. The summed E-state index contributed by atoms with van der Waals surface area (Å²) in [6.45, 7) is 5.13. The number of esters is 2. The molecule has 1 aliphatic heterocycles. The Kier molecular flexibility index (Phi) is 59.0. The first kappa shape index (κ1) is 40.8. The summed E-state index contributed by atoms with van der Waals surface area (Å²) in [7, 11) is 4.89. The minimum absolute atomic E-state index is 0.110. The van der Waals surface area contributed by atoms with Crippen molar-refractivity contribution in [2.45, 2.75) is 26.7 Å². The van der Waals surface area contributed by atoms with E-state index in [1.54, 1.807) is 47.9 Å². The highest BCUT2D eigenvalue weighted by Crippen LogP contribution is 2.15. The Hall–Kier alpha value is 0.470. The number of nitrogens with two attached hydrogens (primary N) is 1. The van der Waals surface area contributed by atoms with Gasteiger partial charge in [-0.1, -0.05) is 35.4 Å². The highest BCUT2D eigenvalue weighted by atomic mass is 33.1. The van der Waals surface area contributed by atoms with E-state index in [1.165, 1.54) is 18.8 Å². The molecule has 1 aliphatic rings. The van der Waals surface area contributed by atoms with E-state index in [9.17, 15) is 14.4 Å². The van der Waals surface area contributed by atoms with Crippen molar-refractivity contribution >= 4 is 88.5 Å². The predicted molar refractivity (Wildman–Crippen MR) is 146 cm³/mol. The van der Waals surface area contributed by atoms with Gasteiger partial charge in [0, 0.05) is 30.1 Å². The summed E-state index contributed by atoms with van der Waals surface area (Å²) >= 11 is 12.1. The van der Waals surface area contributed by atoms with Crippen LogP contribution in [0.25, 0.3) is 0 Å². The third kappa shape index (κ3) is 46.6. The van der Waals surface area contributed by atoms with Gasteiger partial charge in [0.2, 0.25) is 0 Å². The lowest BCUT2D eigenvalue weighted by Crippen LogP contribution is -2.04. The van der Waals surface area contributed by atoms with Gasteiger partial charge >= 0.3 is 17.2 Å². The topological polar surface area (TPSA) is 105 Å². The fraction of sp³-hybridized carbons (Fsp3) is 0.824. The zero-order chi connectivity index (χ0) is 24.6. The number of cyclic esters (lactones) is 1. The van der Waals surface area contributed by atoms with Gasteiger partial charge in [0.25, 0.3) is 0 Å². The van der Waals surface area contributed by atoms with Crippen LogP contribution in [0.2, 0.25) is 0 Å². The van der Waals surface area contributed by atoms with E-state index in [0.717, 1.165) is 11.5 Å². The van der Waals surface area contributed by atoms with Crippen molar-refractivity contribution < 1.29 is 28.6 Å². The summed E-state index contributed by atoms with van der Waals surface area (Å²) in [6.07, 6.45) is 6.32. The van der Waals surface area contributed by atoms with Crippen LogP contribution < -0.4 is 5.73 Å². The van der Waals surface area contributed by atoms with E-state index in [4.69, 9.17) is 4.74 Å². The van der Waals surface area contributed by atoms with Gasteiger partial charge in [-0.15, -0.1) is 0 Å². The molecule has 2 N–H and O–H groups in total. The normalized spacial score (nSPS) is 10.3. The largest absolute Gasteiger partial charge is 0.465 e. The number of ether oxygens (including phenoxy) is 3. The van der Waals surface area contributed by atoms with Crippen LogP contribution in [0.15, 0.2) is 0 Å². The standard InChI is InChI=1S/C6H12O2S2.C5H10O2S.C3H4O2S.CH5N.2CH4S/c1-3-6(7)8-4-5-10-9-2;1-2-5(6)7-3-4-8;4-3-5-1-2-6-3;3*1-2/h3-5H2,1-2H3;8H,2-4H2,1H3;1-2H2;2H2,1H3;2*2H,1H3. The van der Waals surface area contributed by atoms with Gasteiger partial charge in [-0.05, 0) is 37.6 Å². The number of hydrogen-bond acceptors (Lipinski definition) is 13. The van der Waals surface area contributed by atoms with Crippen LogP contribution in [-0.4, -0.2) is 80.1 Å². The van der Waals surface area contributed by atoms with Gasteiger partial charge in [-0.3, -0.25) is 9.59 Å². The summed E-state index contributed by atoms with van der Waals surface area (Å²) in [5, 5.41) is -0.130. The van der Waals surface area contributed by atoms with E-state index in [2.05, 4.69) is 53.1 Å². The smallest absolute Gasteiger partial charge is 0.367 e. The Bertz CT molecular complexity index is 347. The van der Waals surface area contributed by atoms with Gasteiger partial charge in [0.1, 0.15) is 19.8 Å². The van der Waals surface area contributed by atoms with Gasteiger partial charge in [-0.2, -0.15) is 37.9 Å². The van der Waals surface area contributed by atoms with Crippen molar-refractivity contribution in [3.05, 3.63) is 0 Å². The number of carbonyl (C=O) groups is 3. The lowest BCUT2D eigenvalue weighted by atomic mass is 10.5. The van der Waals surface area contributed by atoms with E-state index in [1.807, 2.05) is 6.26 Å². The van der Waals surface area contributed by atoms with Gasteiger partial charge in [-0.25, -0.2) is 4.79 Å². The molecule has 0 bridgehead atoms. The van der Waals surface area contributed by atoms with Crippen LogP contribution >= 0.6 is 71.2 Å². The first-order chi connectivity index (χ1) is 14.5. The second-order valence-electron chi connectivity index (χ2n) is 3.81. The monoisotopic (exact) mass is 545 g/mol. The minimum Gasteiger partial charge on any atom is -0.465 e.